The van der Waals surface area contributed by atoms with E-state index in [4.69, 9.17) is 4.74 Å². The minimum absolute atomic E-state index is 0.515. The molecular weight excluding hydrogens is 254 g/mol. The van der Waals surface area contributed by atoms with E-state index in [0.29, 0.717) is 6.04 Å². The third kappa shape index (κ3) is 3.10. The van der Waals surface area contributed by atoms with Gasteiger partial charge in [-0.25, -0.2) is 0 Å². The van der Waals surface area contributed by atoms with E-state index < -0.39 is 0 Å². The number of hydrogen-bond acceptors (Lipinski definition) is 3. The number of aryl methyl sites for hydroxylation is 1. The topological polar surface area (TPSA) is 21.3 Å². The predicted molar refractivity (Wildman–Crippen MR) is 84.3 cm³/mol. The molecule has 0 aliphatic carbocycles. The van der Waals surface area contributed by atoms with E-state index in [1.807, 2.05) is 17.4 Å². The van der Waals surface area contributed by atoms with Crippen LogP contribution in [-0.4, -0.2) is 13.2 Å². The summed E-state index contributed by atoms with van der Waals surface area (Å²) in [5, 5.41) is 4.90. The lowest BCUT2D eigenvalue weighted by atomic mass is 10.1. The quantitative estimate of drug-likeness (QED) is 0.847. The maximum absolute atomic E-state index is 5.49. The molecule has 1 aromatic heterocycles. The molecular formula is C16H23NOS. The molecule has 2 nitrogen and oxygen atoms in total. The predicted octanol–water partition coefficient (Wildman–Crippen LogP) is 4.36. The highest BCUT2D eigenvalue weighted by Crippen LogP contribution is 2.38. The van der Waals surface area contributed by atoms with Crippen LogP contribution in [0.1, 0.15) is 37.6 Å². The molecule has 0 aliphatic heterocycles. The molecule has 1 aromatic carbocycles. The van der Waals surface area contributed by atoms with Crippen molar-refractivity contribution in [3.8, 4) is 5.75 Å². The van der Waals surface area contributed by atoms with Crippen molar-refractivity contribution in [1.82, 2.24) is 5.32 Å². The van der Waals surface area contributed by atoms with E-state index in [1.54, 1.807) is 7.11 Å². The molecule has 0 radical (unpaired) electrons. The molecule has 1 N–H and O–H groups in total. The molecule has 0 unspecified atom stereocenters. The van der Waals surface area contributed by atoms with E-state index in [2.05, 4.69) is 38.2 Å². The lowest BCUT2D eigenvalue weighted by molar-refractivity contribution is 0.420. The average molecular weight is 277 g/mol. The molecule has 1 heterocycles. The second kappa shape index (κ2) is 6.40. The van der Waals surface area contributed by atoms with E-state index in [9.17, 15) is 0 Å². The zero-order valence-corrected chi connectivity index (χ0v) is 13.1. The summed E-state index contributed by atoms with van der Waals surface area (Å²) in [6.07, 6.45) is 2.32. The van der Waals surface area contributed by atoms with Gasteiger partial charge in [-0.15, -0.1) is 11.3 Å². The molecule has 0 fully saturated rings. The van der Waals surface area contributed by atoms with Gasteiger partial charge < -0.3 is 10.1 Å². The van der Waals surface area contributed by atoms with Crippen LogP contribution in [0.3, 0.4) is 0 Å². The minimum atomic E-state index is 0.515. The van der Waals surface area contributed by atoms with Gasteiger partial charge in [0.15, 0.2) is 0 Å². The normalized spacial score (nSPS) is 11.4. The summed E-state index contributed by atoms with van der Waals surface area (Å²) in [4.78, 5) is 1.45. The smallest absolute Gasteiger partial charge is 0.136 e. The van der Waals surface area contributed by atoms with Crippen LogP contribution in [0.2, 0.25) is 0 Å². The van der Waals surface area contributed by atoms with Gasteiger partial charge in [0.05, 0.1) is 11.8 Å². The van der Waals surface area contributed by atoms with E-state index in [1.165, 1.54) is 26.9 Å². The van der Waals surface area contributed by atoms with Crippen molar-refractivity contribution in [2.45, 2.75) is 46.2 Å². The van der Waals surface area contributed by atoms with Gasteiger partial charge in [0, 0.05) is 17.5 Å². The van der Waals surface area contributed by atoms with Crippen LogP contribution in [-0.2, 0) is 13.0 Å². The van der Waals surface area contributed by atoms with Crippen molar-refractivity contribution in [3.63, 3.8) is 0 Å². The molecule has 0 spiro atoms. The number of hydrogen-bond donors (Lipinski definition) is 1. The van der Waals surface area contributed by atoms with Crippen LogP contribution in [0.25, 0.3) is 10.1 Å². The Balaban J connectivity index is 2.46. The Hall–Kier alpha value is -1.06. The zero-order chi connectivity index (χ0) is 13.8. The molecule has 104 valence electrons. The van der Waals surface area contributed by atoms with Crippen LogP contribution < -0.4 is 10.1 Å². The first-order valence-corrected chi connectivity index (χ1v) is 7.79. The minimum Gasteiger partial charge on any atom is -0.495 e. The summed E-state index contributed by atoms with van der Waals surface area (Å²) in [5.41, 5.74) is 1.49. The van der Waals surface area contributed by atoms with Gasteiger partial charge in [0.1, 0.15) is 5.75 Å². The lowest BCUT2D eigenvalue weighted by Crippen LogP contribution is -2.21. The fourth-order valence-electron chi connectivity index (χ4n) is 2.32. The van der Waals surface area contributed by atoms with Crippen molar-refractivity contribution in [2.24, 2.45) is 0 Å². The number of ether oxygens (including phenoxy) is 1. The van der Waals surface area contributed by atoms with Gasteiger partial charge >= 0.3 is 0 Å². The van der Waals surface area contributed by atoms with E-state index >= 15 is 0 Å². The third-order valence-electron chi connectivity index (χ3n) is 3.26. The van der Waals surface area contributed by atoms with Crippen molar-refractivity contribution in [3.05, 3.63) is 28.6 Å². The highest BCUT2D eigenvalue weighted by atomic mass is 32.1. The first kappa shape index (κ1) is 14.4. The SMILES string of the molecule is CCCc1c(CNC(C)C)sc2c(OC)cccc12. The summed E-state index contributed by atoms with van der Waals surface area (Å²) < 4.78 is 6.78. The van der Waals surface area contributed by atoms with E-state index in [0.717, 1.165) is 18.7 Å². The molecule has 0 amide bonds. The van der Waals surface area contributed by atoms with Crippen LogP contribution in [0.4, 0.5) is 0 Å². The number of fused-ring (bicyclic) bond motifs is 1. The molecule has 2 rings (SSSR count). The Bertz CT molecular complexity index is 545. The number of nitrogens with one attached hydrogen (secondary N) is 1. The van der Waals surface area contributed by atoms with Gasteiger partial charge in [-0.2, -0.15) is 0 Å². The number of methoxy groups -OCH3 is 1. The maximum atomic E-state index is 5.49. The van der Waals surface area contributed by atoms with Gasteiger partial charge in [-0.05, 0) is 23.4 Å². The molecule has 0 saturated carbocycles. The fourth-order valence-corrected chi connectivity index (χ4v) is 3.61. The largest absolute Gasteiger partial charge is 0.495 e. The summed E-state index contributed by atoms with van der Waals surface area (Å²) >= 11 is 1.87. The van der Waals surface area contributed by atoms with Crippen LogP contribution in [0.15, 0.2) is 18.2 Å². The van der Waals surface area contributed by atoms with Crippen molar-refractivity contribution in [2.75, 3.05) is 7.11 Å². The van der Waals surface area contributed by atoms with Crippen LogP contribution in [0.5, 0.6) is 5.75 Å². The Morgan fingerprint density at radius 2 is 2.11 bits per heavy atom. The van der Waals surface area contributed by atoms with Crippen molar-refractivity contribution >= 4 is 21.4 Å². The molecule has 0 saturated heterocycles. The summed E-state index contributed by atoms with van der Waals surface area (Å²) in [6, 6.07) is 6.88. The summed E-state index contributed by atoms with van der Waals surface area (Å²) in [7, 11) is 1.75. The van der Waals surface area contributed by atoms with E-state index in [-0.39, 0.29) is 0 Å². The Morgan fingerprint density at radius 3 is 2.74 bits per heavy atom. The molecule has 3 heteroatoms. The van der Waals surface area contributed by atoms with Gasteiger partial charge in [-0.3, -0.25) is 0 Å². The highest BCUT2D eigenvalue weighted by molar-refractivity contribution is 7.19. The van der Waals surface area contributed by atoms with Crippen LogP contribution >= 0.6 is 11.3 Å². The van der Waals surface area contributed by atoms with Crippen molar-refractivity contribution < 1.29 is 4.74 Å². The Morgan fingerprint density at radius 1 is 1.32 bits per heavy atom. The standard InChI is InChI=1S/C16H23NOS/c1-5-7-12-13-8-6-9-14(18-4)16(13)19-15(12)10-17-11(2)3/h6,8-9,11,17H,5,7,10H2,1-4H3. The zero-order valence-electron chi connectivity index (χ0n) is 12.2. The summed E-state index contributed by atoms with van der Waals surface area (Å²) in [5.74, 6) is 0.996. The van der Waals surface area contributed by atoms with Gasteiger partial charge in [-0.1, -0.05) is 39.3 Å². The number of thiophene rings is 1. The number of benzene rings is 1. The van der Waals surface area contributed by atoms with Gasteiger partial charge in [0.25, 0.3) is 0 Å². The number of rotatable bonds is 6. The maximum Gasteiger partial charge on any atom is 0.136 e. The lowest BCUT2D eigenvalue weighted by Gasteiger charge is -2.08. The summed E-state index contributed by atoms with van der Waals surface area (Å²) in [6.45, 7) is 7.57. The average Bonchev–Trinajstić information content (AvgIpc) is 2.75. The molecule has 2 aromatic rings. The van der Waals surface area contributed by atoms with Crippen molar-refractivity contribution in [1.29, 1.82) is 0 Å². The molecule has 0 atom stereocenters. The first-order chi connectivity index (χ1) is 9.17. The first-order valence-electron chi connectivity index (χ1n) is 6.98. The van der Waals surface area contributed by atoms with Gasteiger partial charge in [0.2, 0.25) is 0 Å². The molecule has 0 bridgehead atoms. The molecule has 0 aliphatic rings. The Labute approximate surface area is 119 Å². The second-order valence-electron chi connectivity index (χ2n) is 5.13. The monoisotopic (exact) mass is 277 g/mol. The highest BCUT2D eigenvalue weighted by Gasteiger charge is 2.14. The molecule has 19 heavy (non-hydrogen) atoms. The fraction of sp³-hybridized carbons (Fsp3) is 0.500. The van der Waals surface area contributed by atoms with Crippen LogP contribution in [0, 0.1) is 0 Å². The Kier molecular flexibility index (Phi) is 4.83. The second-order valence-corrected chi connectivity index (χ2v) is 6.23. The third-order valence-corrected chi connectivity index (χ3v) is 4.52.